The van der Waals surface area contributed by atoms with E-state index in [2.05, 4.69) is 37.5 Å². The van der Waals surface area contributed by atoms with Gasteiger partial charge in [0.15, 0.2) is 5.78 Å². The van der Waals surface area contributed by atoms with E-state index in [1.807, 2.05) is 24.3 Å². The molecule has 1 aromatic carbocycles. The Hall–Kier alpha value is -2.81. The quantitative estimate of drug-likeness (QED) is 0.289. The van der Waals surface area contributed by atoms with E-state index in [0.29, 0.717) is 37.6 Å². The number of fused-ring (bicyclic) bond motifs is 2. The fourth-order valence-corrected chi connectivity index (χ4v) is 5.17. The Kier molecular flexibility index (Phi) is 9.98. The average Bonchev–Trinajstić information content (AvgIpc) is 3.26. The highest BCUT2D eigenvalue weighted by Crippen LogP contribution is 2.38. The van der Waals surface area contributed by atoms with E-state index in [1.54, 1.807) is 19.1 Å². The number of nitrogens with two attached hydrogens (primary N) is 1. The molecule has 1 unspecified atom stereocenters. The number of nitrogens with zero attached hydrogens (tertiary/aromatic N) is 1. The number of pyridine rings is 1. The van der Waals surface area contributed by atoms with Crippen LogP contribution in [-0.4, -0.2) is 43.1 Å². The maximum Gasteiger partial charge on any atom is 0.411 e. The van der Waals surface area contributed by atoms with E-state index in [9.17, 15) is 9.59 Å². The van der Waals surface area contributed by atoms with Crippen LogP contribution in [0.4, 0.5) is 10.5 Å². The Morgan fingerprint density at radius 1 is 1.19 bits per heavy atom. The first-order valence-corrected chi connectivity index (χ1v) is 13.4. The highest BCUT2D eigenvalue weighted by atomic mass is 32.1. The number of thiophene rings is 1. The zero-order valence-corrected chi connectivity index (χ0v) is 22.5. The molecular formula is C28H38N4O3S. The van der Waals surface area contributed by atoms with Gasteiger partial charge in [0, 0.05) is 29.9 Å². The van der Waals surface area contributed by atoms with Crippen molar-refractivity contribution in [1.29, 1.82) is 0 Å². The fraction of sp³-hybridized carbons (Fsp3) is 0.464. The summed E-state index contributed by atoms with van der Waals surface area (Å²) in [5, 5.41) is 6.76. The molecule has 4 N–H and O–H groups in total. The molecule has 2 aromatic heterocycles. The number of carbonyl (C=O) groups excluding carboxylic acids is 2. The van der Waals surface area contributed by atoms with Crippen molar-refractivity contribution in [3.05, 3.63) is 58.6 Å². The van der Waals surface area contributed by atoms with Gasteiger partial charge in [0.25, 0.3) is 0 Å². The molecule has 2 heterocycles. The van der Waals surface area contributed by atoms with Crippen molar-refractivity contribution in [2.24, 2.45) is 17.1 Å². The summed E-state index contributed by atoms with van der Waals surface area (Å²) in [7, 11) is 0. The predicted molar refractivity (Wildman–Crippen MR) is 148 cm³/mol. The van der Waals surface area contributed by atoms with Gasteiger partial charge >= 0.3 is 6.09 Å². The molecule has 0 spiro atoms. The number of Topliss-reactive ketones (excluding diaryl/α,β-unsaturated/α-hetero) is 1. The van der Waals surface area contributed by atoms with E-state index in [1.165, 1.54) is 29.0 Å². The molecule has 0 saturated carbocycles. The van der Waals surface area contributed by atoms with Crippen LogP contribution in [-0.2, 0) is 17.6 Å². The van der Waals surface area contributed by atoms with Gasteiger partial charge in [-0.05, 0) is 67.3 Å². The van der Waals surface area contributed by atoms with Crippen molar-refractivity contribution in [2.75, 3.05) is 31.6 Å². The van der Waals surface area contributed by atoms with Gasteiger partial charge in [-0.3, -0.25) is 10.1 Å². The van der Waals surface area contributed by atoms with E-state index < -0.39 is 6.09 Å². The minimum Gasteiger partial charge on any atom is -0.450 e. The lowest BCUT2D eigenvalue weighted by Crippen LogP contribution is -2.27. The second-order valence-corrected chi connectivity index (χ2v) is 11.0. The number of ether oxygens (including phenoxy) is 1. The minimum atomic E-state index is -0.413. The van der Waals surface area contributed by atoms with Crippen molar-refractivity contribution in [3.63, 3.8) is 0 Å². The van der Waals surface area contributed by atoms with Crippen molar-refractivity contribution in [1.82, 2.24) is 10.3 Å². The number of hydrogen-bond donors (Lipinski definition) is 3. The molecule has 0 aliphatic heterocycles. The normalized spacial score (nSPS) is 15.0. The van der Waals surface area contributed by atoms with Crippen LogP contribution >= 0.6 is 11.3 Å². The lowest BCUT2D eigenvalue weighted by molar-refractivity contribution is 0.0995. The zero-order chi connectivity index (χ0) is 26.1. The number of anilines is 1. The van der Waals surface area contributed by atoms with Gasteiger partial charge in [-0.2, -0.15) is 0 Å². The first-order valence-electron chi connectivity index (χ1n) is 12.6. The van der Waals surface area contributed by atoms with Gasteiger partial charge in [-0.15, -0.1) is 11.3 Å². The Labute approximate surface area is 217 Å². The second kappa shape index (κ2) is 12.9. The van der Waals surface area contributed by atoms with E-state index in [0.717, 1.165) is 33.6 Å². The van der Waals surface area contributed by atoms with Crippen LogP contribution in [0.15, 0.2) is 42.5 Å². The van der Waals surface area contributed by atoms with Gasteiger partial charge in [0.05, 0.1) is 18.0 Å². The fourth-order valence-electron chi connectivity index (χ4n) is 4.20. The van der Waals surface area contributed by atoms with Gasteiger partial charge in [0.1, 0.15) is 4.83 Å². The van der Waals surface area contributed by atoms with Crippen molar-refractivity contribution in [2.45, 2.75) is 47.0 Å². The number of ketones is 1. The number of aromatic nitrogens is 1. The largest absolute Gasteiger partial charge is 0.450 e. The van der Waals surface area contributed by atoms with Gasteiger partial charge in [-0.25, -0.2) is 9.78 Å². The van der Waals surface area contributed by atoms with Crippen molar-refractivity contribution >= 4 is 39.1 Å². The summed E-state index contributed by atoms with van der Waals surface area (Å²) < 4.78 is 4.70. The first kappa shape index (κ1) is 27.8. The standard InChI is InChI=1S/C19H27N3OS.C9H11NO2/c1-19(2,3)14-4-5-15-12(9-14)8-13-10-17(24-18(13)22-15)16(23)11-21-7-6-20;1-2-12-9(11)10-8-6-4-3-5-7-8/h8,10,14,21H,4-7,9,11,20H2,1-3H3;3-7H,2H2,1H3,(H,10,11). The third kappa shape index (κ3) is 7.85. The molecule has 194 valence electrons. The molecule has 1 aliphatic rings. The number of nitrogens with one attached hydrogen (secondary N) is 2. The molecule has 1 atom stereocenters. The second-order valence-electron chi connectivity index (χ2n) is 10.0. The maximum absolute atomic E-state index is 12.3. The maximum atomic E-state index is 12.3. The first-order chi connectivity index (χ1) is 17.2. The van der Waals surface area contributed by atoms with Crippen LogP contribution < -0.4 is 16.4 Å². The zero-order valence-electron chi connectivity index (χ0n) is 21.7. The molecular weight excluding hydrogens is 472 g/mol. The van der Waals surface area contributed by atoms with E-state index in [4.69, 9.17) is 15.5 Å². The SMILES string of the molecule is CC(C)(C)C1CCc2nc3sc(C(=O)CNCCN)cc3cc2C1.CCOC(=O)Nc1ccccc1. The van der Waals surface area contributed by atoms with Crippen molar-refractivity contribution in [3.8, 4) is 0 Å². The van der Waals surface area contributed by atoms with Crippen molar-refractivity contribution < 1.29 is 14.3 Å². The average molecular weight is 511 g/mol. The molecule has 36 heavy (non-hydrogen) atoms. The third-order valence-electron chi connectivity index (χ3n) is 6.27. The molecule has 3 aromatic rings. The number of carbonyl (C=O) groups is 2. The molecule has 4 rings (SSSR count). The smallest absolute Gasteiger partial charge is 0.411 e. The summed E-state index contributed by atoms with van der Waals surface area (Å²) in [5.74, 6) is 0.821. The summed E-state index contributed by atoms with van der Waals surface area (Å²) >= 11 is 1.51. The molecule has 0 fully saturated rings. The van der Waals surface area contributed by atoms with Crippen LogP contribution in [0.2, 0.25) is 0 Å². The van der Waals surface area contributed by atoms with Gasteiger partial charge < -0.3 is 15.8 Å². The van der Waals surface area contributed by atoms with Gasteiger partial charge in [-0.1, -0.05) is 39.0 Å². The third-order valence-corrected chi connectivity index (χ3v) is 7.36. The lowest BCUT2D eigenvalue weighted by Gasteiger charge is -2.34. The number of aryl methyl sites for hydroxylation is 1. The molecule has 1 aliphatic carbocycles. The lowest BCUT2D eigenvalue weighted by atomic mass is 9.71. The predicted octanol–water partition coefficient (Wildman–Crippen LogP) is 5.43. The molecule has 0 bridgehead atoms. The topological polar surface area (TPSA) is 106 Å². The minimum absolute atomic E-state index is 0.122. The Morgan fingerprint density at radius 2 is 1.94 bits per heavy atom. The van der Waals surface area contributed by atoms with E-state index >= 15 is 0 Å². The molecule has 8 heteroatoms. The van der Waals surface area contributed by atoms with Crippen LogP contribution in [0.1, 0.15) is 55.0 Å². The number of para-hydroxylation sites is 1. The number of hydrogen-bond acceptors (Lipinski definition) is 7. The van der Waals surface area contributed by atoms with Crippen LogP contribution in [0.25, 0.3) is 10.2 Å². The Balaban J connectivity index is 0.000000253. The Morgan fingerprint density at radius 3 is 2.61 bits per heavy atom. The summed E-state index contributed by atoms with van der Waals surface area (Å²) in [6.07, 6.45) is 2.93. The molecule has 0 radical (unpaired) electrons. The summed E-state index contributed by atoms with van der Waals surface area (Å²) in [5.41, 5.74) is 9.12. The van der Waals surface area contributed by atoms with E-state index in [-0.39, 0.29) is 5.78 Å². The molecule has 0 saturated heterocycles. The summed E-state index contributed by atoms with van der Waals surface area (Å²) in [6, 6.07) is 13.4. The number of amides is 1. The summed E-state index contributed by atoms with van der Waals surface area (Å²) in [4.78, 5) is 29.8. The highest BCUT2D eigenvalue weighted by Gasteiger charge is 2.29. The monoisotopic (exact) mass is 510 g/mol. The molecule has 7 nitrogen and oxygen atoms in total. The molecule has 1 amide bonds. The summed E-state index contributed by atoms with van der Waals surface area (Å²) in [6.45, 7) is 10.7. The number of benzene rings is 1. The van der Waals surface area contributed by atoms with Crippen LogP contribution in [0.5, 0.6) is 0 Å². The van der Waals surface area contributed by atoms with Crippen LogP contribution in [0.3, 0.4) is 0 Å². The van der Waals surface area contributed by atoms with Gasteiger partial charge in [0.2, 0.25) is 0 Å². The van der Waals surface area contributed by atoms with Crippen LogP contribution in [0, 0.1) is 11.3 Å². The Bertz CT molecular complexity index is 1150. The number of rotatable bonds is 7. The highest BCUT2D eigenvalue weighted by molar-refractivity contribution is 7.20.